The van der Waals surface area contributed by atoms with E-state index in [0.717, 1.165) is 24.7 Å². The first-order valence-electron chi connectivity index (χ1n) is 7.39. The van der Waals surface area contributed by atoms with Crippen molar-refractivity contribution in [2.45, 2.75) is 25.7 Å². The first kappa shape index (κ1) is 14.7. The Hall–Kier alpha value is -0.740. The summed E-state index contributed by atoms with van der Waals surface area (Å²) in [5.74, 6) is 2.15. The molecule has 0 bridgehead atoms. The van der Waals surface area contributed by atoms with Crippen LogP contribution >= 0.6 is 12.6 Å². The molecule has 0 atom stereocenters. The number of aromatic nitrogens is 1. The van der Waals surface area contributed by atoms with E-state index < -0.39 is 0 Å². The SMILES string of the molecule is SCCCCCCN1CCN(c2ccccn2)CC1. The molecule has 0 N–H and O–H groups in total. The first-order valence-corrected chi connectivity index (χ1v) is 8.02. The summed E-state index contributed by atoms with van der Waals surface area (Å²) >= 11 is 4.25. The van der Waals surface area contributed by atoms with Gasteiger partial charge in [-0.2, -0.15) is 12.6 Å². The van der Waals surface area contributed by atoms with Gasteiger partial charge in [0.1, 0.15) is 5.82 Å². The minimum Gasteiger partial charge on any atom is -0.354 e. The highest BCUT2D eigenvalue weighted by molar-refractivity contribution is 7.80. The molecule has 1 aromatic rings. The van der Waals surface area contributed by atoms with Gasteiger partial charge in [0.25, 0.3) is 0 Å². The zero-order valence-corrected chi connectivity index (χ0v) is 12.6. The first-order chi connectivity index (χ1) is 9.40. The van der Waals surface area contributed by atoms with Crippen molar-refractivity contribution in [3.63, 3.8) is 0 Å². The maximum atomic E-state index is 4.42. The Bertz CT molecular complexity index is 337. The van der Waals surface area contributed by atoms with Crippen LogP contribution in [0.25, 0.3) is 0 Å². The molecule has 1 aromatic heterocycles. The fourth-order valence-corrected chi connectivity index (χ4v) is 2.77. The molecule has 2 rings (SSSR count). The summed E-state index contributed by atoms with van der Waals surface area (Å²) in [5, 5.41) is 0. The maximum absolute atomic E-state index is 4.42. The van der Waals surface area contributed by atoms with Gasteiger partial charge in [-0.1, -0.05) is 18.9 Å². The zero-order valence-electron chi connectivity index (χ0n) is 11.7. The molecular formula is C15H25N3S. The van der Waals surface area contributed by atoms with Gasteiger partial charge in [0.05, 0.1) is 0 Å². The second kappa shape index (κ2) is 8.43. The summed E-state index contributed by atoms with van der Waals surface area (Å²) in [7, 11) is 0. The second-order valence-electron chi connectivity index (χ2n) is 5.15. The highest BCUT2D eigenvalue weighted by Crippen LogP contribution is 2.13. The number of hydrogen-bond acceptors (Lipinski definition) is 4. The molecule has 0 aliphatic carbocycles. The molecule has 3 nitrogen and oxygen atoms in total. The molecule has 0 unspecified atom stereocenters. The van der Waals surface area contributed by atoms with Gasteiger partial charge in [0, 0.05) is 32.4 Å². The number of thiol groups is 1. The fraction of sp³-hybridized carbons (Fsp3) is 0.667. The third-order valence-corrected chi connectivity index (χ3v) is 4.04. The maximum Gasteiger partial charge on any atom is 0.128 e. The molecule has 1 saturated heterocycles. The minimum absolute atomic E-state index is 1.03. The van der Waals surface area contributed by atoms with Gasteiger partial charge in [-0.05, 0) is 37.3 Å². The lowest BCUT2D eigenvalue weighted by atomic mass is 10.2. The van der Waals surface area contributed by atoms with E-state index in [2.05, 4.69) is 39.5 Å². The molecule has 1 aliphatic rings. The number of anilines is 1. The van der Waals surface area contributed by atoms with Gasteiger partial charge < -0.3 is 4.90 Å². The third-order valence-electron chi connectivity index (χ3n) is 3.73. The Labute approximate surface area is 122 Å². The molecule has 1 aliphatic heterocycles. The molecule has 106 valence electrons. The Balaban J connectivity index is 1.63. The van der Waals surface area contributed by atoms with E-state index in [1.807, 2.05) is 12.3 Å². The van der Waals surface area contributed by atoms with E-state index in [4.69, 9.17) is 0 Å². The summed E-state index contributed by atoms with van der Waals surface area (Å²) in [6, 6.07) is 6.15. The number of piperazine rings is 1. The molecule has 0 radical (unpaired) electrons. The van der Waals surface area contributed by atoms with E-state index in [9.17, 15) is 0 Å². The molecule has 19 heavy (non-hydrogen) atoms. The minimum atomic E-state index is 1.03. The Morgan fingerprint density at radius 2 is 1.79 bits per heavy atom. The van der Waals surface area contributed by atoms with Gasteiger partial charge in [-0.3, -0.25) is 4.90 Å². The highest BCUT2D eigenvalue weighted by atomic mass is 32.1. The summed E-state index contributed by atoms with van der Waals surface area (Å²) in [4.78, 5) is 9.39. The van der Waals surface area contributed by atoms with Gasteiger partial charge in [-0.25, -0.2) is 4.98 Å². The summed E-state index contributed by atoms with van der Waals surface area (Å²) in [6.45, 7) is 5.80. The van der Waals surface area contributed by atoms with E-state index in [0.29, 0.717) is 0 Å². The molecular weight excluding hydrogens is 254 g/mol. The van der Waals surface area contributed by atoms with Gasteiger partial charge in [-0.15, -0.1) is 0 Å². The monoisotopic (exact) mass is 279 g/mol. The van der Waals surface area contributed by atoms with Crippen molar-refractivity contribution in [1.82, 2.24) is 9.88 Å². The third kappa shape index (κ3) is 5.03. The van der Waals surface area contributed by atoms with Crippen LogP contribution in [0, 0.1) is 0 Å². The molecule has 0 saturated carbocycles. The van der Waals surface area contributed by atoms with Crippen LogP contribution in [0.5, 0.6) is 0 Å². The average molecular weight is 279 g/mol. The van der Waals surface area contributed by atoms with Crippen LogP contribution in [0.4, 0.5) is 5.82 Å². The van der Waals surface area contributed by atoms with Crippen LogP contribution < -0.4 is 4.90 Å². The lowest BCUT2D eigenvalue weighted by Gasteiger charge is -2.35. The molecule has 2 heterocycles. The summed E-state index contributed by atoms with van der Waals surface area (Å²) < 4.78 is 0. The number of unbranched alkanes of at least 4 members (excludes halogenated alkanes) is 3. The van der Waals surface area contributed by atoms with E-state index >= 15 is 0 Å². The Kier molecular flexibility index (Phi) is 6.51. The van der Waals surface area contributed by atoms with Crippen molar-refractivity contribution in [3.8, 4) is 0 Å². The van der Waals surface area contributed by atoms with Crippen LogP contribution in [0.2, 0.25) is 0 Å². The van der Waals surface area contributed by atoms with Gasteiger partial charge in [0.15, 0.2) is 0 Å². The lowest BCUT2D eigenvalue weighted by molar-refractivity contribution is 0.251. The zero-order chi connectivity index (χ0) is 13.3. The van der Waals surface area contributed by atoms with Crippen LogP contribution in [0.15, 0.2) is 24.4 Å². The van der Waals surface area contributed by atoms with Crippen LogP contribution in [-0.2, 0) is 0 Å². The van der Waals surface area contributed by atoms with E-state index in [1.165, 1.54) is 45.3 Å². The predicted octanol–water partition coefficient (Wildman–Crippen LogP) is 2.69. The predicted molar refractivity (Wildman–Crippen MR) is 85.2 cm³/mol. The summed E-state index contributed by atoms with van der Waals surface area (Å²) in [5.41, 5.74) is 0. The number of pyridine rings is 1. The van der Waals surface area contributed by atoms with Crippen LogP contribution in [0.3, 0.4) is 0 Å². The number of hydrogen-bond donors (Lipinski definition) is 1. The van der Waals surface area contributed by atoms with Crippen molar-refractivity contribution in [3.05, 3.63) is 24.4 Å². The normalized spacial score (nSPS) is 16.8. The van der Waals surface area contributed by atoms with Crippen molar-refractivity contribution in [2.75, 3.05) is 43.4 Å². The quantitative estimate of drug-likeness (QED) is 0.612. The Morgan fingerprint density at radius 1 is 1.00 bits per heavy atom. The molecule has 1 fully saturated rings. The van der Waals surface area contributed by atoms with Gasteiger partial charge >= 0.3 is 0 Å². The largest absolute Gasteiger partial charge is 0.354 e. The lowest BCUT2D eigenvalue weighted by Crippen LogP contribution is -2.46. The fourth-order valence-electron chi connectivity index (χ4n) is 2.54. The van der Waals surface area contributed by atoms with Crippen LogP contribution in [0.1, 0.15) is 25.7 Å². The van der Waals surface area contributed by atoms with Crippen molar-refractivity contribution >= 4 is 18.4 Å². The molecule has 0 aromatic carbocycles. The van der Waals surface area contributed by atoms with Crippen molar-refractivity contribution in [2.24, 2.45) is 0 Å². The topological polar surface area (TPSA) is 19.4 Å². The van der Waals surface area contributed by atoms with E-state index in [-0.39, 0.29) is 0 Å². The summed E-state index contributed by atoms with van der Waals surface area (Å²) in [6.07, 6.45) is 7.15. The Morgan fingerprint density at radius 3 is 2.47 bits per heavy atom. The number of rotatable bonds is 7. The average Bonchev–Trinajstić information content (AvgIpc) is 2.49. The highest BCUT2D eigenvalue weighted by Gasteiger charge is 2.16. The van der Waals surface area contributed by atoms with Crippen molar-refractivity contribution in [1.29, 1.82) is 0 Å². The molecule has 0 amide bonds. The standard InChI is InChI=1S/C15H25N3S/c19-14-6-2-1-5-9-17-10-12-18(13-11-17)15-7-3-4-8-16-15/h3-4,7-8,19H,1-2,5-6,9-14H2. The van der Waals surface area contributed by atoms with E-state index in [1.54, 1.807) is 0 Å². The van der Waals surface area contributed by atoms with Gasteiger partial charge in [0.2, 0.25) is 0 Å². The smallest absolute Gasteiger partial charge is 0.128 e. The number of nitrogens with zero attached hydrogens (tertiary/aromatic N) is 3. The molecule has 0 spiro atoms. The van der Waals surface area contributed by atoms with Crippen molar-refractivity contribution < 1.29 is 0 Å². The van der Waals surface area contributed by atoms with Crippen LogP contribution in [-0.4, -0.2) is 48.4 Å². The molecule has 4 heteroatoms. The second-order valence-corrected chi connectivity index (χ2v) is 5.60.